The third-order valence-corrected chi connectivity index (χ3v) is 7.85. The average molecular weight is 449 g/mol. The Morgan fingerprint density at radius 3 is 2.16 bits per heavy atom. The van der Waals surface area contributed by atoms with Crippen LogP contribution >= 0.6 is 0 Å². The number of amides is 1. The summed E-state index contributed by atoms with van der Waals surface area (Å²) in [6.45, 7) is 2.66. The highest BCUT2D eigenvalue weighted by molar-refractivity contribution is 7.89. The minimum Gasteiger partial charge on any atom is -0.345 e. The SMILES string of the molecule is Cc1ccc([C@@H](NC(=O)[C@H]2CCCN(S(=O)(=O)c3ccccc3)C2)c2ccccc2)cc1. The number of aryl methyl sites for hydroxylation is 1. The zero-order chi connectivity index (χ0) is 22.6. The monoisotopic (exact) mass is 448 g/mol. The van der Waals surface area contributed by atoms with Crippen LogP contribution in [-0.2, 0) is 14.8 Å². The van der Waals surface area contributed by atoms with Crippen molar-refractivity contribution in [3.8, 4) is 0 Å². The molecule has 32 heavy (non-hydrogen) atoms. The lowest BCUT2D eigenvalue weighted by Gasteiger charge is -2.32. The van der Waals surface area contributed by atoms with Crippen LogP contribution in [0.4, 0.5) is 0 Å². The van der Waals surface area contributed by atoms with Gasteiger partial charge in [-0.3, -0.25) is 4.79 Å². The van der Waals surface area contributed by atoms with Crippen LogP contribution in [0.5, 0.6) is 0 Å². The van der Waals surface area contributed by atoms with Crippen molar-refractivity contribution in [3.63, 3.8) is 0 Å². The Hall–Kier alpha value is -2.96. The van der Waals surface area contributed by atoms with Gasteiger partial charge in [0.15, 0.2) is 0 Å². The Morgan fingerprint density at radius 1 is 0.906 bits per heavy atom. The minimum absolute atomic E-state index is 0.118. The quantitative estimate of drug-likeness (QED) is 0.611. The lowest BCUT2D eigenvalue weighted by molar-refractivity contribution is -0.126. The summed E-state index contributed by atoms with van der Waals surface area (Å²) >= 11 is 0. The Bertz CT molecular complexity index is 1150. The summed E-state index contributed by atoms with van der Waals surface area (Å²) in [6, 6.07) is 26.1. The molecular weight excluding hydrogens is 420 g/mol. The summed E-state index contributed by atoms with van der Waals surface area (Å²) in [5, 5.41) is 3.19. The molecule has 1 N–H and O–H groups in total. The fourth-order valence-corrected chi connectivity index (χ4v) is 5.68. The fraction of sp³-hybridized carbons (Fsp3) is 0.269. The molecule has 4 rings (SSSR count). The van der Waals surface area contributed by atoms with E-state index in [-0.39, 0.29) is 29.3 Å². The molecule has 0 unspecified atom stereocenters. The highest BCUT2D eigenvalue weighted by Gasteiger charge is 2.34. The third-order valence-electron chi connectivity index (χ3n) is 5.97. The van der Waals surface area contributed by atoms with E-state index in [0.717, 1.165) is 16.7 Å². The van der Waals surface area contributed by atoms with Crippen LogP contribution in [0.1, 0.15) is 35.6 Å². The normalized spacial score (nSPS) is 18.1. The van der Waals surface area contributed by atoms with Crippen molar-refractivity contribution in [2.24, 2.45) is 5.92 Å². The van der Waals surface area contributed by atoms with Crippen LogP contribution in [0, 0.1) is 12.8 Å². The van der Waals surface area contributed by atoms with Crippen molar-refractivity contribution in [2.45, 2.75) is 30.7 Å². The van der Waals surface area contributed by atoms with Crippen molar-refractivity contribution in [3.05, 3.63) is 102 Å². The highest BCUT2D eigenvalue weighted by Crippen LogP contribution is 2.27. The van der Waals surface area contributed by atoms with E-state index in [1.54, 1.807) is 30.3 Å². The number of hydrogen-bond donors (Lipinski definition) is 1. The maximum absolute atomic E-state index is 13.3. The van der Waals surface area contributed by atoms with E-state index in [1.807, 2.05) is 61.5 Å². The smallest absolute Gasteiger partial charge is 0.243 e. The Labute approximate surface area is 190 Å². The predicted octanol–water partition coefficient (Wildman–Crippen LogP) is 4.30. The van der Waals surface area contributed by atoms with E-state index in [0.29, 0.717) is 19.4 Å². The Balaban J connectivity index is 1.54. The fourth-order valence-electron chi connectivity index (χ4n) is 4.14. The van der Waals surface area contributed by atoms with Gasteiger partial charge in [0.25, 0.3) is 0 Å². The van der Waals surface area contributed by atoms with E-state index < -0.39 is 10.0 Å². The van der Waals surface area contributed by atoms with Crippen LogP contribution in [-0.4, -0.2) is 31.7 Å². The lowest BCUT2D eigenvalue weighted by Crippen LogP contribution is -2.46. The molecule has 0 saturated carbocycles. The van der Waals surface area contributed by atoms with Gasteiger partial charge in [-0.1, -0.05) is 78.4 Å². The third kappa shape index (κ3) is 4.92. The van der Waals surface area contributed by atoms with Crippen molar-refractivity contribution in [1.82, 2.24) is 9.62 Å². The van der Waals surface area contributed by atoms with Gasteiger partial charge < -0.3 is 5.32 Å². The first kappa shape index (κ1) is 22.2. The molecule has 0 aliphatic carbocycles. The number of sulfonamides is 1. The zero-order valence-electron chi connectivity index (χ0n) is 18.1. The van der Waals surface area contributed by atoms with Gasteiger partial charge >= 0.3 is 0 Å². The summed E-state index contributed by atoms with van der Waals surface area (Å²) in [5.74, 6) is -0.508. The predicted molar refractivity (Wildman–Crippen MR) is 126 cm³/mol. The number of hydrogen-bond acceptors (Lipinski definition) is 3. The molecule has 2 atom stereocenters. The van der Waals surface area contributed by atoms with Crippen LogP contribution in [0.2, 0.25) is 0 Å². The van der Waals surface area contributed by atoms with Crippen LogP contribution < -0.4 is 5.32 Å². The van der Waals surface area contributed by atoms with Gasteiger partial charge in [-0.25, -0.2) is 8.42 Å². The summed E-state index contributed by atoms with van der Waals surface area (Å²) in [4.78, 5) is 13.6. The first-order valence-electron chi connectivity index (χ1n) is 10.9. The molecule has 166 valence electrons. The summed E-state index contributed by atoms with van der Waals surface area (Å²) in [7, 11) is -3.61. The number of nitrogens with one attached hydrogen (secondary N) is 1. The van der Waals surface area contributed by atoms with E-state index >= 15 is 0 Å². The Morgan fingerprint density at radius 2 is 1.50 bits per heavy atom. The largest absolute Gasteiger partial charge is 0.345 e. The first-order chi connectivity index (χ1) is 15.4. The summed E-state index contributed by atoms with van der Waals surface area (Å²) in [6.07, 6.45) is 1.33. The molecule has 0 bridgehead atoms. The number of rotatable bonds is 6. The summed E-state index contributed by atoms with van der Waals surface area (Å²) < 4.78 is 27.5. The standard InChI is InChI=1S/C26H28N2O3S/c1-20-14-16-22(17-15-20)25(21-9-4-2-5-10-21)27-26(29)23-11-8-18-28(19-23)32(30,31)24-12-6-3-7-13-24/h2-7,9-10,12-17,23,25H,8,11,18-19H2,1H3,(H,27,29)/t23-,25-/m0/s1. The van der Waals surface area contributed by atoms with Crippen molar-refractivity contribution in [2.75, 3.05) is 13.1 Å². The number of carbonyl (C=O) groups excluding carboxylic acids is 1. The molecule has 1 heterocycles. The van der Waals surface area contributed by atoms with Crippen molar-refractivity contribution < 1.29 is 13.2 Å². The number of nitrogens with zero attached hydrogens (tertiary/aromatic N) is 1. The van der Waals surface area contributed by atoms with Crippen LogP contribution in [0.25, 0.3) is 0 Å². The molecule has 0 radical (unpaired) electrons. The van der Waals surface area contributed by atoms with Gasteiger partial charge in [0, 0.05) is 13.1 Å². The van der Waals surface area contributed by atoms with Gasteiger partial charge in [-0.15, -0.1) is 0 Å². The van der Waals surface area contributed by atoms with Gasteiger partial charge in [-0.2, -0.15) is 4.31 Å². The molecular formula is C26H28N2O3S. The maximum Gasteiger partial charge on any atom is 0.243 e. The molecule has 1 fully saturated rings. The second-order valence-corrected chi connectivity index (χ2v) is 10.2. The molecule has 6 heteroatoms. The second kappa shape index (κ2) is 9.67. The molecule has 1 saturated heterocycles. The average Bonchev–Trinajstić information content (AvgIpc) is 2.84. The molecule has 1 amide bonds. The van der Waals surface area contributed by atoms with Gasteiger partial charge in [0.05, 0.1) is 16.9 Å². The van der Waals surface area contributed by atoms with Crippen LogP contribution in [0.15, 0.2) is 89.8 Å². The van der Waals surface area contributed by atoms with E-state index in [2.05, 4.69) is 5.32 Å². The first-order valence-corrected chi connectivity index (χ1v) is 12.4. The molecule has 0 aromatic heterocycles. The number of carbonyl (C=O) groups is 1. The second-order valence-electron chi connectivity index (χ2n) is 8.28. The summed E-state index contributed by atoms with van der Waals surface area (Å²) in [5.41, 5.74) is 3.15. The highest BCUT2D eigenvalue weighted by atomic mass is 32.2. The van der Waals surface area contributed by atoms with Gasteiger partial charge in [0.1, 0.15) is 0 Å². The molecule has 3 aromatic rings. The van der Waals surface area contributed by atoms with Crippen molar-refractivity contribution >= 4 is 15.9 Å². The molecule has 0 spiro atoms. The molecule has 5 nitrogen and oxygen atoms in total. The minimum atomic E-state index is -3.61. The van der Waals surface area contributed by atoms with Gasteiger partial charge in [-0.05, 0) is 43.0 Å². The molecule has 3 aromatic carbocycles. The maximum atomic E-state index is 13.3. The van der Waals surface area contributed by atoms with Crippen molar-refractivity contribution in [1.29, 1.82) is 0 Å². The van der Waals surface area contributed by atoms with Crippen LogP contribution in [0.3, 0.4) is 0 Å². The van der Waals surface area contributed by atoms with E-state index in [1.165, 1.54) is 4.31 Å². The van der Waals surface area contributed by atoms with Gasteiger partial charge in [0.2, 0.25) is 15.9 Å². The zero-order valence-corrected chi connectivity index (χ0v) is 19.0. The lowest BCUT2D eigenvalue weighted by atomic mass is 9.94. The number of benzene rings is 3. The Kier molecular flexibility index (Phi) is 6.72. The van der Waals surface area contributed by atoms with E-state index in [9.17, 15) is 13.2 Å². The molecule has 1 aliphatic rings. The molecule has 1 aliphatic heterocycles. The van der Waals surface area contributed by atoms with E-state index in [4.69, 9.17) is 0 Å². The topological polar surface area (TPSA) is 66.5 Å². The number of piperidine rings is 1.